The first kappa shape index (κ1) is 25.0. The van der Waals surface area contributed by atoms with E-state index in [9.17, 15) is 14.4 Å². The Hall–Kier alpha value is -2.61. The average Bonchev–Trinajstić information content (AvgIpc) is 2.83. The van der Waals surface area contributed by atoms with Gasteiger partial charge in [-0.3, -0.25) is 14.4 Å². The van der Waals surface area contributed by atoms with Gasteiger partial charge in [-0.1, -0.05) is 35.3 Å². The third-order valence-electron chi connectivity index (χ3n) is 5.68. The number of hydrogen-bond acceptors (Lipinski definition) is 4. The van der Waals surface area contributed by atoms with E-state index in [-0.39, 0.29) is 17.7 Å². The fourth-order valence-corrected chi connectivity index (χ4v) is 4.21. The van der Waals surface area contributed by atoms with E-state index in [2.05, 4.69) is 10.6 Å². The first-order chi connectivity index (χ1) is 15.9. The quantitative estimate of drug-likeness (QED) is 0.553. The number of likely N-dealkylation sites (tertiary alicyclic amines) is 1. The molecule has 0 aliphatic carbocycles. The molecule has 1 saturated heterocycles. The fourth-order valence-electron chi connectivity index (χ4n) is 3.86. The zero-order chi connectivity index (χ0) is 23.8. The van der Waals surface area contributed by atoms with Crippen LogP contribution in [0.4, 0.5) is 0 Å². The van der Waals surface area contributed by atoms with E-state index >= 15 is 0 Å². The molecule has 3 rings (SSSR count). The number of rotatable bonds is 8. The van der Waals surface area contributed by atoms with E-state index < -0.39 is 11.9 Å². The molecule has 1 aliphatic heterocycles. The number of carbonyl (C=O) groups is 3. The van der Waals surface area contributed by atoms with Crippen LogP contribution in [0.25, 0.3) is 0 Å². The molecule has 7 nitrogen and oxygen atoms in total. The van der Waals surface area contributed by atoms with E-state index in [4.69, 9.17) is 27.9 Å². The van der Waals surface area contributed by atoms with Crippen LogP contribution < -0.4 is 10.6 Å². The van der Waals surface area contributed by atoms with Crippen molar-refractivity contribution in [2.45, 2.75) is 18.9 Å². The van der Waals surface area contributed by atoms with Gasteiger partial charge in [0.1, 0.15) is 6.04 Å². The van der Waals surface area contributed by atoms with Crippen molar-refractivity contribution in [3.05, 3.63) is 69.7 Å². The highest BCUT2D eigenvalue weighted by atomic mass is 35.5. The second-order valence-corrected chi connectivity index (χ2v) is 8.69. The maximum atomic E-state index is 12.9. The highest BCUT2D eigenvalue weighted by Crippen LogP contribution is 2.24. The minimum Gasteiger partial charge on any atom is -0.383 e. The Bertz CT molecular complexity index is 976. The molecular weight excluding hydrogens is 465 g/mol. The predicted molar refractivity (Wildman–Crippen MR) is 128 cm³/mol. The van der Waals surface area contributed by atoms with Gasteiger partial charge >= 0.3 is 0 Å². The standard InChI is InChI=1S/C24H27Cl2N3O4/c1-33-15-12-27-23(31)21(28-22(30)19-4-2-3-5-20(19)26)16-10-13-29(14-11-16)24(32)17-6-8-18(25)9-7-17/h2-9,16,21H,10-15H2,1H3,(H,27,31)(H,28,30)/t21-/m1/s1. The Kier molecular flexibility index (Phi) is 9.11. The first-order valence-corrected chi connectivity index (χ1v) is 11.5. The van der Waals surface area contributed by atoms with Crippen LogP contribution in [0.3, 0.4) is 0 Å². The van der Waals surface area contributed by atoms with Crippen molar-refractivity contribution in [3.63, 3.8) is 0 Å². The van der Waals surface area contributed by atoms with E-state index in [1.807, 2.05) is 0 Å². The molecule has 2 aromatic rings. The maximum absolute atomic E-state index is 12.9. The summed E-state index contributed by atoms with van der Waals surface area (Å²) < 4.78 is 5.00. The molecule has 3 amide bonds. The van der Waals surface area contributed by atoms with Crippen molar-refractivity contribution in [3.8, 4) is 0 Å². The molecular formula is C24H27Cl2N3O4. The SMILES string of the molecule is COCCNC(=O)[C@H](NC(=O)c1ccccc1Cl)C1CCN(C(=O)c2ccc(Cl)cc2)CC1. The van der Waals surface area contributed by atoms with Crippen LogP contribution in [0.5, 0.6) is 0 Å². The van der Waals surface area contributed by atoms with Crippen LogP contribution in [0.15, 0.2) is 48.5 Å². The lowest BCUT2D eigenvalue weighted by Crippen LogP contribution is -2.54. The molecule has 9 heteroatoms. The van der Waals surface area contributed by atoms with Crippen molar-refractivity contribution in [2.75, 3.05) is 33.4 Å². The topological polar surface area (TPSA) is 87.7 Å². The Labute approximate surface area is 203 Å². The zero-order valence-corrected chi connectivity index (χ0v) is 19.9. The Balaban J connectivity index is 1.68. The molecule has 2 N–H and O–H groups in total. The predicted octanol–water partition coefficient (Wildman–Crippen LogP) is 3.41. The molecule has 1 heterocycles. The second kappa shape index (κ2) is 12.0. The molecule has 33 heavy (non-hydrogen) atoms. The van der Waals surface area contributed by atoms with Crippen LogP contribution in [-0.4, -0.2) is 62.0 Å². The number of hydrogen-bond donors (Lipinski definition) is 2. The summed E-state index contributed by atoms with van der Waals surface area (Å²) in [5, 5.41) is 6.56. The van der Waals surface area contributed by atoms with Gasteiger partial charge in [0.2, 0.25) is 5.91 Å². The summed E-state index contributed by atoms with van der Waals surface area (Å²) in [5.41, 5.74) is 0.878. The van der Waals surface area contributed by atoms with E-state index in [0.717, 1.165) is 0 Å². The fraction of sp³-hybridized carbons (Fsp3) is 0.375. The number of benzene rings is 2. The van der Waals surface area contributed by atoms with E-state index in [1.165, 1.54) is 0 Å². The number of methoxy groups -OCH3 is 1. The van der Waals surface area contributed by atoms with Gasteiger partial charge in [-0.05, 0) is 55.2 Å². The summed E-state index contributed by atoms with van der Waals surface area (Å²) in [6.45, 7) is 1.67. The molecule has 1 atom stereocenters. The number of piperidine rings is 1. The summed E-state index contributed by atoms with van der Waals surface area (Å²) in [4.78, 5) is 40.4. The molecule has 1 aliphatic rings. The van der Waals surface area contributed by atoms with Crippen LogP contribution >= 0.6 is 23.2 Å². The Morgan fingerprint density at radius 1 is 1.06 bits per heavy atom. The largest absolute Gasteiger partial charge is 0.383 e. The lowest BCUT2D eigenvalue weighted by molar-refractivity contribution is -0.124. The highest BCUT2D eigenvalue weighted by molar-refractivity contribution is 6.33. The summed E-state index contributed by atoms with van der Waals surface area (Å²) in [7, 11) is 1.55. The molecule has 176 valence electrons. The third kappa shape index (κ3) is 6.69. The van der Waals surface area contributed by atoms with Gasteiger partial charge in [-0.15, -0.1) is 0 Å². The molecule has 0 unspecified atom stereocenters. The number of halogens is 2. The van der Waals surface area contributed by atoms with Gasteiger partial charge in [-0.2, -0.15) is 0 Å². The van der Waals surface area contributed by atoms with E-state index in [0.29, 0.717) is 60.3 Å². The van der Waals surface area contributed by atoms with Crippen molar-refractivity contribution in [1.29, 1.82) is 0 Å². The van der Waals surface area contributed by atoms with Gasteiger partial charge in [0.15, 0.2) is 0 Å². The minimum absolute atomic E-state index is 0.0775. The number of ether oxygens (including phenoxy) is 1. The number of carbonyl (C=O) groups excluding carboxylic acids is 3. The molecule has 1 fully saturated rings. The molecule has 0 saturated carbocycles. The van der Waals surface area contributed by atoms with Crippen LogP contribution in [0.2, 0.25) is 10.0 Å². The lowest BCUT2D eigenvalue weighted by Gasteiger charge is -2.36. The third-order valence-corrected chi connectivity index (χ3v) is 6.26. The van der Waals surface area contributed by atoms with Crippen LogP contribution in [-0.2, 0) is 9.53 Å². The van der Waals surface area contributed by atoms with Gasteiger partial charge < -0.3 is 20.3 Å². The van der Waals surface area contributed by atoms with Gasteiger partial charge in [-0.25, -0.2) is 0 Å². The monoisotopic (exact) mass is 491 g/mol. The molecule has 0 aromatic heterocycles. The highest BCUT2D eigenvalue weighted by Gasteiger charge is 2.34. The summed E-state index contributed by atoms with van der Waals surface area (Å²) in [5.74, 6) is -0.901. The van der Waals surface area contributed by atoms with Crippen molar-refractivity contribution in [1.82, 2.24) is 15.5 Å². The van der Waals surface area contributed by atoms with Gasteiger partial charge in [0.25, 0.3) is 11.8 Å². The number of nitrogens with zero attached hydrogens (tertiary/aromatic N) is 1. The first-order valence-electron chi connectivity index (χ1n) is 10.8. The Morgan fingerprint density at radius 3 is 2.36 bits per heavy atom. The average molecular weight is 492 g/mol. The maximum Gasteiger partial charge on any atom is 0.253 e. The second-order valence-electron chi connectivity index (χ2n) is 7.85. The summed E-state index contributed by atoms with van der Waals surface area (Å²) >= 11 is 12.1. The minimum atomic E-state index is -0.751. The molecule has 0 radical (unpaired) electrons. The van der Waals surface area contributed by atoms with Crippen LogP contribution in [0.1, 0.15) is 33.6 Å². The molecule has 0 bridgehead atoms. The summed E-state index contributed by atoms with van der Waals surface area (Å²) in [6, 6.07) is 12.7. The van der Waals surface area contributed by atoms with Crippen LogP contribution in [0, 0.1) is 5.92 Å². The van der Waals surface area contributed by atoms with Gasteiger partial charge in [0, 0.05) is 37.3 Å². The lowest BCUT2D eigenvalue weighted by atomic mass is 9.88. The summed E-state index contributed by atoms with van der Waals surface area (Å²) in [6.07, 6.45) is 1.15. The van der Waals surface area contributed by atoms with E-state index in [1.54, 1.807) is 60.5 Å². The number of nitrogens with one attached hydrogen (secondary N) is 2. The van der Waals surface area contributed by atoms with Crippen molar-refractivity contribution < 1.29 is 19.1 Å². The zero-order valence-electron chi connectivity index (χ0n) is 18.4. The van der Waals surface area contributed by atoms with Crippen molar-refractivity contribution >= 4 is 40.9 Å². The Morgan fingerprint density at radius 2 is 1.73 bits per heavy atom. The number of amides is 3. The molecule has 0 spiro atoms. The van der Waals surface area contributed by atoms with Crippen molar-refractivity contribution in [2.24, 2.45) is 5.92 Å². The molecule has 2 aromatic carbocycles. The van der Waals surface area contributed by atoms with Gasteiger partial charge in [0.05, 0.1) is 17.2 Å². The normalized spacial score (nSPS) is 15.1. The smallest absolute Gasteiger partial charge is 0.253 e.